The summed E-state index contributed by atoms with van der Waals surface area (Å²) in [4.78, 5) is 43.5. The largest absolute Gasteiger partial charge is 0.461 e. The van der Waals surface area contributed by atoms with E-state index in [1.165, 1.54) is 6.07 Å². The Balaban J connectivity index is 1.27. The van der Waals surface area contributed by atoms with Crippen molar-refractivity contribution >= 4 is 22.9 Å². The van der Waals surface area contributed by atoms with Gasteiger partial charge in [0.05, 0.1) is 23.1 Å². The van der Waals surface area contributed by atoms with E-state index in [0.29, 0.717) is 49.5 Å². The molecule has 0 radical (unpaired) electrons. The minimum Gasteiger partial charge on any atom is -0.461 e. The van der Waals surface area contributed by atoms with Gasteiger partial charge in [-0.15, -0.1) is 0 Å². The van der Waals surface area contributed by atoms with Gasteiger partial charge in [0.15, 0.2) is 5.82 Å². The van der Waals surface area contributed by atoms with Gasteiger partial charge in [-0.2, -0.15) is 9.97 Å². The highest BCUT2D eigenvalue weighted by molar-refractivity contribution is 5.86. The second-order valence-electron chi connectivity index (χ2n) is 12.0. The van der Waals surface area contributed by atoms with Crippen molar-refractivity contribution in [2.75, 3.05) is 37.7 Å². The first-order chi connectivity index (χ1) is 17.6. The lowest BCUT2D eigenvalue weighted by atomic mass is 9.95. The number of carbonyl (C=O) groups is 1. The molecule has 11 heteroatoms. The Morgan fingerprint density at radius 3 is 2.68 bits per heavy atom. The summed E-state index contributed by atoms with van der Waals surface area (Å²) in [6.45, 7) is 8.43. The first-order valence-corrected chi connectivity index (χ1v) is 13.3. The number of nitrogens with zero attached hydrogens (tertiary/aromatic N) is 5. The fourth-order valence-corrected chi connectivity index (χ4v) is 6.63. The van der Waals surface area contributed by atoms with Crippen LogP contribution in [-0.4, -0.2) is 93.0 Å². The molecule has 4 aliphatic heterocycles. The van der Waals surface area contributed by atoms with E-state index in [0.717, 1.165) is 32.2 Å². The van der Waals surface area contributed by atoms with Gasteiger partial charge in [-0.1, -0.05) is 0 Å². The van der Waals surface area contributed by atoms with Crippen LogP contribution >= 0.6 is 0 Å². The first-order valence-electron chi connectivity index (χ1n) is 13.3. The van der Waals surface area contributed by atoms with Crippen LogP contribution in [0.15, 0.2) is 16.9 Å². The standard InChI is InChI=1S/C26H35FN6O4/c1-25(2,3)37-24(35)33-17-5-6-18(33)14-31(13-17)22-21-19(7-8-20(34)29-21)28-23(30-22)36-15-26-9-4-10-32(26)12-16(27)11-26/h7-8,16-18H,4-6,9-15H2,1-3H3,(H,29,34)/t16-,17-,18+,26+/m0/s1. The third kappa shape index (κ3) is 4.51. The summed E-state index contributed by atoms with van der Waals surface area (Å²) in [5.74, 6) is 0.592. The third-order valence-electron chi connectivity index (χ3n) is 8.16. The van der Waals surface area contributed by atoms with Crippen molar-refractivity contribution < 1.29 is 18.7 Å². The molecule has 37 heavy (non-hydrogen) atoms. The van der Waals surface area contributed by atoms with Gasteiger partial charge in [-0.3, -0.25) is 14.6 Å². The van der Waals surface area contributed by atoms with Crippen molar-refractivity contribution in [1.82, 2.24) is 24.8 Å². The number of nitrogens with one attached hydrogen (secondary N) is 1. The zero-order valence-electron chi connectivity index (χ0n) is 21.7. The molecule has 6 heterocycles. The van der Waals surface area contributed by atoms with E-state index in [1.807, 2.05) is 25.7 Å². The molecule has 2 aromatic heterocycles. The molecular formula is C26H35FN6O4. The Labute approximate surface area is 215 Å². The first kappa shape index (κ1) is 24.4. The SMILES string of the molecule is CC(C)(C)OC(=O)N1[C@@H]2CC[C@H]1CN(c1nc(OC[C@]34CCCN3C[C@@H](F)C4)nc3ccc(=O)[nH]c13)C2. The molecule has 4 fully saturated rings. The Morgan fingerprint density at radius 1 is 1.19 bits per heavy atom. The number of aromatic nitrogens is 3. The molecule has 10 nitrogen and oxygen atoms in total. The molecule has 4 saturated heterocycles. The fourth-order valence-electron chi connectivity index (χ4n) is 6.63. The van der Waals surface area contributed by atoms with E-state index in [1.54, 1.807) is 6.07 Å². The van der Waals surface area contributed by atoms with E-state index in [4.69, 9.17) is 14.5 Å². The lowest BCUT2D eigenvalue weighted by molar-refractivity contribution is 0.0122. The Morgan fingerprint density at radius 2 is 1.95 bits per heavy atom. The summed E-state index contributed by atoms with van der Waals surface area (Å²) in [7, 11) is 0. The zero-order chi connectivity index (χ0) is 25.9. The van der Waals surface area contributed by atoms with Crippen LogP contribution in [0.3, 0.4) is 0 Å². The van der Waals surface area contributed by atoms with Crippen molar-refractivity contribution in [1.29, 1.82) is 0 Å². The van der Waals surface area contributed by atoms with E-state index < -0.39 is 11.8 Å². The number of pyridine rings is 1. The van der Waals surface area contributed by atoms with Crippen LogP contribution in [0.25, 0.3) is 11.0 Å². The maximum absolute atomic E-state index is 14.2. The molecule has 0 spiro atoms. The van der Waals surface area contributed by atoms with E-state index >= 15 is 0 Å². The number of amides is 1. The molecule has 0 unspecified atom stereocenters. The number of ether oxygens (including phenoxy) is 2. The number of halogens is 1. The van der Waals surface area contributed by atoms with Gasteiger partial charge in [0, 0.05) is 32.1 Å². The van der Waals surface area contributed by atoms with Crippen molar-refractivity contribution in [2.24, 2.45) is 0 Å². The average Bonchev–Trinajstić information content (AvgIpc) is 3.43. The summed E-state index contributed by atoms with van der Waals surface area (Å²) in [6, 6.07) is 3.31. The normalized spacial score (nSPS) is 29.7. The lowest BCUT2D eigenvalue weighted by Crippen LogP contribution is -2.57. The minimum absolute atomic E-state index is 0.00988. The lowest BCUT2D eigenvalue weighted by Gasteiger charge is -2.42. The van der Waals surface area contributed by atoms with Gasteiger partial charge in [-0.05, 0) is 59.1 Å². The summed E-state index contributed by atoms with van der Waals surface area (Å²) in [5.41, 5.74) is 0.0355. The van der Waals surface area contributed by atoms with Crippen LogP contribution in [0, 0.1) is 0 Å². The van der Waals surface area contributed by atoms with Gasteiger partial charge in [-0.25, -0.2) is 9.18 Å². The molecule has 6 rings (SSSR count). The van der Waals surface area contributed by atoms with Gasteiger partial charge >= 0.3 is 12.1 Å². The molecule has 4 aliphatic rings. The Kier molecular flexibility index (Phi) is 5.81. The highest BCUT2D eigenvalue weighted by atomic mass is 19.1. The number of carbonyl (C=O) groups excluding carboxylic acids is 1. The molecule has 1 N–H and O–H groups in total. The second-order valence-corrected chi connectivity index (χ2v) is 12.0. The van der Waals surface area contributed by atoms with Crippen molar-refractivity contribution in [3.8, 4) is 6.01 Å². The van der Waals surface area contributed by atoms with Gasteiger partial charge in [0.25, 0.3) is 0 Å². The monoisotopic (exact) mass is 514 g/mol. The molecule has 200 valence electrons. The quantitative estimate of drug-likeness (QED) is 0.665. The maximum atomic E-state index is 14.2. The number of anilines is 1. The van der Waals surface area contributed by atoms with Crippen LogP contribution in [0.5, 0.6) is 6.01 Å². The number of alkyl halides is 1. The number of H-pyrrole nitrogens is 1. The topological polar surface area (TPSA) is 104 Å². The summed E-state index contributed by atoms with van der Waals surface area (Å²) in [5, 5.41) is 0. The van der Waals surface area contributed by atoms with Gasteiger partial charge in [0.2, 0.25) is 5.56 Å². The Hall–Kier alpha value is -2.95. The van der Waals surface area contributed by atoms with Crippen LogP contribution in [-0.2, 0) is 4.74 Å². The van der Waals surface area contributed by atoms with Crippen LogP contribution < -0.4 is 15.2 Å². The molecule has 1 amide bonds. The van der Waals surface area contributed by atoms with Crippen molar-refractivity contribution in [3.05, 3.63) is 22.5 Å². The number of hydrogen-bond acceptors (Lipinski definition) is 8. The number of fused-ring (bicyclic) bond motifs is 4. The predicted octanol–water partition coefficient (Wildman–Crippen LogP) is 2.86. The highest BCUT2D eigenvalue weighted by Crippen LogP contribution is 2.41. The summed E-state index contributed by atoms with van der Waals surface area (Å²) < 4.78 is 26.1. The van der Waals surface area contributed by atoms with Crippen molar-refractivity contribution in [3.63, 3.8) is 0 Å². The molecule has 4 atom stereocenters. The fraction of sp³-hybridized carbons (Fsp3) is 0.692. The van der Waals surface area contributed by atoms with Crippen LogP contribution in [0.2, 0.25) is 0 Å². The summed E-state index contributed by atoms with van der Waals surface area (Å²) in [6.07, 6.45) is 3.05. The van der Waals surface area contributed by atoms with Gasteiger partial charge < -0.3 is 19.4 Å². The number of piperazine rings is 1. The van der Waals surface area contributed by atoms with Gasteiger partial charge in [0.1, 0.15) is 23.9 Å². The maximum Gasteiger partial charge on any atom is 0.410 e. The zero-order valence-corrected chi connectivity index (χ0v) is 21.7. The van der Waals surface area contributed by atoms with Crippen LogP contribution in [0.1, 0.15) is 52.9 Å². The molecule has 0 aliphatic carbocycles. The van der Waals surface area contributed by atoms with E-state index in [-0.39, 0.29) is 35.3 Å². The number of aromatic amines is 1. The number of hydrogen-bond donors (Lipinski definition) is 1. The predicted molar refractivity (Wildman–Crippen MR) is 136 cm³/mol. The number of rotatable bonds is 4. The highest BCUT2D eigenvalue weighted by Gasteiger charge is 2.49. The minimum atomic E-state index is -0.834. The van der Waals surface area contributed by atoms with Crippen molar-refractivity contribution in [2.45, 2.75) is 82.3 Å². The molecule has 2 aromatic rings. The van der Waals surface area contributed by atoms with E-state index in [2.05, 4.69) is 19.8 Å². The Bertz CT molecular complexity index is 1250. The molecule has 0 saturated carbocycles. The molecular weight excluding hydrogens is 479 g/mol. The third-order valence-corrected chi connectivity index (χ3v) is 8.16. The van der Waals surface area contributed by atoms with Crippen LogP contribution in [0.4, 0.5) is 15.0 Å². The summed E-state index contributed by atoms with van der Waals surface area (Å²) >= 11 is 0. The van der Waals surface area contributed by atoms with E-state index in [9.17, 15) is 14.0 Å². The molecule has 0 aromatic carbocycles. The molecule has 2 bridgehead atoms. The second kappa shape index (κ2) is 8.82. The average molecular weight is 515 g/mol. The smallest absolute Gasteiger partial charge is 0.410 e.